The molecule has 2 saturated heterocycles. The first kappa shape index (κ1) is 16.6. The Bertz CT molecular complexity index is 661. The van der Waals surface area contributed by atoms with Gasteiger partial charge in [0.1, 0.15) is 0 Å². The Labute approximate surface area is 135 Å². The van der Waals surface area contributed by atoms with Crippen LogP contribution >= 0.6 is 0 Å². The van der Waals surface area contributed by atoms with Crippen molar-refractivity contribution in [3.8, 4) is 5.88 Å². The lowest BCUT2D eigenvalue weighted by atomic mass is 9.80. The molecule has 1 aromatic heterocycles. The summed E-state index contributed by atoms with van der Waals surface area (Å²) in [6.07, 6.45) is 3.04. The SMILES string of the molecule is CCS(=O)(=O)N1CC2(C1)OCC[C@H]2CCOc1ncccc1F. The van der Waals surface area contributed by atoms with Gasteiger partial charge in [-0.25, -0.2) is 17.8 Å². The number of aromatic nitrogens is 1. The van der Waals surface area contributed by atoms with Crippen LogP contribution in [-0.2, 0) is 14.8 Å². The molecule has 0 amide bonds. The minimum Gasteiger partial charge on any atom is -0.476 e. The van der Waals surface area contributed by atoms with Crippen molar-refractivity contribution in [3.63, 3.8) is 0 Å². The molecule has 3 rings (SSSR count). The zero-order chi connectivity index (χ0) is 16.5. The molecule has 2 fully saturated rings. The highest BCUT2D eigenvalue weighted by Crippen LogP contribution is 2.42. The Morgan fingerprint density at radius 3 is 3.00 bits per heavy atom. The molecule has 8 heteroatoms. The van der Waals surface area contributed by atoms with Crippen LogP contribution in [0.5, 0.6) is 5.88 Å². The van der Waals surface area contributed by atoms with Crippen LogP contribution in [0.3, 0.4) is 0 Å². The molecular formula is C15H21FN2O4S. The summed E-state index contributed by atoms with van der Waals surface area (Å²) in [4.78, 5) is 3.85. The van der Waals surface area contributed by atoms with Gasteiger partial charge < -0.3 is 9.47 Å². The van der Waals surface area contributed by atoms with E-state index in [0.717, 1.165) is 6.42 Å². The molecule has 1 spiro atoms. The summed E-state index contributed by atoms with van der Waals surface area (Å²) < 4.78 is 49.9. The summed E-state index contributed by atoms with van der Waals surface area (Å²) in [5.74, 6) is -0.147. The van der Waals surface area contributed by atoms with Crippen molar-refractivity contribution in [2.45, 2.75) is 25.4 Å². The maximum absolute atomic E-state index is 13.5. The van der Waals surface area contributed by atoms with E-state index in [9.17, 15) is 12.8 Å². The maximum atomic E-state index is 13.5. The van der Waals surface area contributed by atoms with E-state index < -0.39 is 21.4 Å². The molecule has 3 heterocycles. The number of nitrogens with zero attached hydrogens (tertiary/aromatic N) is 2. The minimum absolute atomic E-state index is 0.00395. The number of sulfonamides is 1. The topological polar surface area (TPSA) is 68.7 Å². The van der Waals surface area contributed by atoms with E-state index in [0.29, 0.717) is 32.7 Å². The largest absolute Gasteiger partial charge is 0.476 e. The molecule has 0 radical (unpaired) electrons. The Hall–Kier alpha value is -1.25. The third-order valence-corrected chi connectivity index (χ3v) is 6.45. The highest BCUT2D eigenvalue weighted by molar-refractivity contribution is 7.89. The number of rotatable bonds is 6. The molecule has 128 valence electrons. The van der Waals surface area contributed by atoms with Crippen LogP contribution in [0.15, 0.2) is 18.3 Å². The second-order valence-electron chi connectivity index (χ2n) is 5.99. The van der Waals surface area contributed by atoms with Crippen LogP contribution in [0.1, 0.15) is 19.8 Å². The molecule has 1 atom stereocenters. The Morgan fingerprint density at radius 1 is 1.52 bits per heavy atom. The minimum atomic E-state index is -3.15. The first-order valence-electron chi connectivity index (χ1n) is 7.82. The van der Waals surface area contributed by atoms with Gasteiger partial charge in [-0.1, -0.05) is 0 Å². The molecule has 0 unspecified atom stereocenters. The lowest BCUT2D eigenvalue weighted by Crippen LogP contribution is -2.66. The van der Waals surface area contributed by atoms with Gasteiger partial charge in [-0.3, -0.25) is 0 Å². The molecule has 2 aliphatic rings. The molecule has 1 aromatic rings. The van der Waals surface area contributed by atoms with Crippen molar-refractivity contribution in [2.24, 2.45) is 5.92 Å². The first-order chi connectivity index (χ1) is 11.0. The molecular weight excluding hydrogens is 323 g/mol. The van der Waals surface area contributed by atoms with Crippen molar-refractivity contribution >= 4 is 10.0 Å². The number of hydrogen-bond donors (Lipinski definition) is 0. The lowest BCUT2D eigenvalue weighted by molar-refractivity contribution is -0.104. The summed E-state index contributed by atoms with van der Waals surface area (Å²) in [6.45, 7) is 3.42. The van der Waals surface area contributed by atoms with Gasteiger partial charge in [-0.2, -0.15) is 4.31 Å². The van der Waals surface area contributed by atoms with Crippen molar-refractivity contribution < 1.29 is 22.3 Å². The predicted octanol–water partition coefficient (Wildman–Crippen LogP) is 1.43. The number of hydrogen-bond acceptors (Lipinski definition) is 5. The van der Waals surface area contributed by atoms with Gasteiger partial charge in [0.25, 0.3) is 0 Å². The standard InChI is InChI=1S/C15H21FN2O4S/c1-2-23(19,20)18-10-15(11-18)12(6-9-22-15)5-8-21-14-13(16)4-3-7-17-14/h3-4,7,12H,2,5-6,8-11H2,1H3/t12-/m1/s1. The van der Waals surface area contributed by atoms with Gasteiger partial charge in [0.15, 0.2) is 5.82 Å². The maximum Gasteiger partial charge on any atom is 0.250 e. The van der Waals surface area contributed by atoms with E-state index >= 15 is 0 Å². The number of halogens is 1. The predicted molar refractivity (Wildman–Crippen MR) is 82.1 cm³/mol. The Balaban J connectivity index is 1.54. The van der Waals surface area contributed by atoms with Crippen LogP contribution in [0, 0.1) is 11.7 Å². The van der Waals surface area contributed by atoms with Crippen LogP contribution in [0.2, 0.25) is 0 Å². The van der Waals surface area contributed by atoms with Crippen LogP contribution in [0.4, 0.5) is 4.39 Å². The molecule has 6 nitrogen and oxygen atoms in total. The zero-order valence-electron chi connectivity index (χ0n) is 13.1. The molecule has 0 saturated carbocycles. The van der Waals surface area contributed by atoms with Gasteiger partial charge >= 0.3 is 0 Å². The smallest absolute Gasteiger partial charge is 0.250 e. The van der Waals surface area contributed by atoms with Gasteiger partial charge in [0, 0.05) is 25.9 Å². The van der Waals surface area contributed by atoms with Crippen LogP contribution in [0.25, 0.3) is 0 Å². The second-order valence-corrected chi connectivity index (χ2v) is 8.25. The lowest BCUT2D eigenvalue weighted by Gasteiger charge is -2.49. The van der Waals surface area contributed by atoms with Gasteiger partial charge in [0.05, 0.1) is 18.0 Å². The first-order valence-corrected chi connectivity index (χ1v) is 9.43. The van der Waals surface area contributed by atoms with E-state index in [4.69, 9.17) is 9.47 Å². The Morgan fingerprint density at radius 2 is 2.30 bits per heavy atom. The van der Waals surface area contributed by atoms with Crippen LogP contribution in [-0.4, -0.2) is 55.4 Å². The third kappa shape index (κ3) is 3.20. The molecule has 2 aliphatic heterocycles. The number of ether oxygens (including phenoxy) is 2. The van der Waals surface area contributed by atoms with E-state index in [1.807, 2.05) is 0 Å². The highest BCUT2D eigenvalue weighted by atomic mass is 32.2. The quantitative estimate of drug-likeness (QED) is 0.781. The van der Waals surface area contributed by atoms with Crippen molar-refractivity contribution in [1.82, 2.24) is 9.29 Å². The fourth-order valence-corrected chi connectivity index (χ4v) is 4.44. The summed E-state index contributed by atoms with van der Waals surface area (Å²) in [7, 11) is -3.15. The second kappa shape index (κ2) is 6.33. The van der Waals surface area contributed by atoms with E-state index in [2.05, 4.69) is 4.98 Å². The number of pyridine rings is 1. The molecule has 0 N–H and O–H groups in total. The summed E-state index contributed by atoms with van der Waals surface area (Å²) in [5, 5.41) is 0. The molecule has 0 bridgehead atoms. The van der Waals surface area contributed by atoms with Crippen molar-refractivity contribution in [1.29, 1.82) is 0 Å². The molecule has 0 aliphatic carbocycles. The van der Waals surface area contributed by atoms with Crippen molar-refractivity contribution in [3.05, 3.63) is 24.1 Å². The van der Waals surface area contributed by atoms with Gasteiger partial charge in [-0.05, 0) is 37.8 Å². The van der Waals surface area contributed by atoms with E-state index in [1.165, 1.54) is 22.6 Å². The van der Waals surface area contributed by atoms with E-state index in [1.54, 1.807) is 6.92 Å². The average Bonchev–Trinajstić information content (AvgIpc) is 2.92. The van der Waals surface area contributed by atoms with Crippen molar-refractivity contribution in [2.75, 3.05) is 32.1 Å². The summed E-state index contributed by atoms with van der Waals surface area (Å²) in [6, 6.07) is 2.82. The summed E-state index contributed by atoms with van der Waals surface area (Å²) >= 11 is 0. The third-order valence-electron chi connectivity index (χ3n) is 4.68. The average molecular weight is 344 g/mol. The highest BCUT2D eigenvalue weighted by Gasteiger charge is 2.55. The van der Waals surface area contributed by atoms with E-state index in [-0.39, 0.29) is 17.6 Å². The van der Waals surface area contributed by atoms with Gasteiger partial charge in [-0.15, -0.1) is 0 Å². The fourth-order valence-electron chi connectivity index (χ4n) is 3.25. The summed E-state index contributed by atoms with van der Waals surface area (Å²) in [5.41, 5.74) is -0.395. The van der Waals surface area contributed by atoms with Crippen LogP contribution < -0.4 is 4.74 Å². The Kier molecular flexibility index (Phi) is 4.57. The monoisotopic (exact) mass is 344 g/mol. The normalized spacial score (nSPS) is 23.8. The van der Waals surface area contributed by atoms with Gasteiger partial charge in [0.2, 0.25) is 15.9 Å². The molecule has 23 heavy (non-hydrogen) atoms. The zero-order valence-corrected chi connectivity index (χ0v) is 13.9. The molecule has 0 aromatic carbocycles. The fraction of sp³-hybridized carbons (Fsp3) is 0.667.